The fourth-order valence-corrected chi connectivity index (χ4v) is 1.86. The number of aliphatic hydroxyl groups is 1. The van der Waals surface area contributed by atoms with E-state index in [9.17, 15) is 5.11 Å². The summed E-state index contributed by atoms with van der Waals surface area (Å²) in [5.41, 5.74) is 2.37. The van der Waals surface area contributed by atoms with E-state index in [1.165, 1.54) is 5.56 Å². The van der Waals surface area contributed by atoms with Crippen LogP contribution >= 0.6 is 0 Å². The van der Waals surface area contributed by atoms with E-state index in [-0.39, 0.29) is 6.04 Å². The third-order valence-corrected chi connectivity index (χ3v) is 3.04. The van der Waals surface area contributed by atoms with Gasteiger partial charge >= 0.3 is 0 Å². The lowest BCUT2D eigenvalue weighted by atomic mass is 10.0. The number of hydrogen-bond acceptors (Lipinski definition) is 3. The van der Waals surface area contributed by atoms with Crippen LogP contribution in [0.2, 0.25) is 0 Å². The van der Waals surface area contributed by atoms with Crippen molar-refractivity contribution in [1.29, 1.82) is 0 Å². The van der Waals surface area contributed by atoms with Gasteiger partial charge in [0.25, 0.3) is 0 Å². The normalized spacial score (nSPS) is 14.3. The van der Waals surface area contributed by atoms with E-state index in [0.717, 1.165) is 17.9 Å². The van der Waals surface area contributed by atoms with E-state index < -0.39 is 6.10 Å². The summed E-state index contributed by atoms with van der Waals surface area (Å²) in [6, 6.07) is 6.42. The molecule has 18 heavy (non-hydrogen) atoms. The Balaban J connectivity index is 2.82. The molecule has 0 amide bonds. The third-order valence-electron chi connectivity index (χ3n) is 3.04. The highest BCUT2D eigenvalue weighted by Gasteiger charge is 2.12. The first-order valence-electron chi connectivity index (χ1n) is 6.73. The molecule has 2 unspecified atom stereocenters. The van der Waals surface area contributed by atoms with Crippen molar-refractivity contribution in [3.63, 3.8) is 0 Å². The zero-order valence-corrected chi connectivity index (χ0v) is 11.9. The van der Waals surface area contributed by atoms with Gasteiger partial charge in [0.2, 0.25) is 0 Å². The topological polar surface area (TPSA) is 41.5 Å². The van der Waals surface area contributed by atoms with Gasteiger partial charge in [-0.2, -0.15) is 0 Å². The maximum absolute atomic E-state index is 9.57. The molecule has 0 aromatic heterocycles. The predicted molar refractivity (Wildman–Crippen MR) is 75.1 cm³/mol. The molecule has 0 fully saturated rings. The Labute approximate surface area is 110 Å². The average molecular weight is 251 g/mol. The molecule has 1 aromatic carbocycles. The largest absolute Gasteiger partial charge is 0.491 e. The summed E-state index contributed by atoms with van der Waals surface area (Å²) in [5, 5.41) is 13.0. The van der Waals surface area contributed by atoms with Crippen molar-refractivity contribution < 1.29 is 9.84 Å². The van der Waals surface area contributed by atoms with Crippen molar-refractivity contribution in [2.45, 2.75) is 46.3 Å². The monoisotopic (exact) mass is 251 g/mol. The second-order valence-electron chi connectivity index (χ2n) is 4.69. The third kappa shape index (κ3) is 4.31. The van der Waals surface area contributed by atoms with Crippen LogP contribution in [0.15, 0.2) is 18.2 Å². The second kappa shape index (κ2) is 7.39. The summed E-state index contributed by atoms with van der Waals surface area (Å²) in [6.07, 6.45) is 0.317. The summed E-state index contributed by atoms with van der Waals surface area (Å²) in [7, 11) is 0. The molecule has 0 heterocycles. The van der Waals surface area contributed by atoms with Crippen LogP contribution in [0.3, 0.4) is 0 Å². The highest BCUT2D eigenvalue weighted by molar-refractivity contribution is 5.39. The minimum atomic E-state index is -0.395. The standard InChI is InChI=1S/C15H25NO2/c1-5-13(17)10-18-15-8-7-11(3)9-14(15)12(4)16-6-2/h7-9,12-13,16-17H,5-6,10H2,1-4H3. The van der Waals surface area contributed by atoms with Crippen LogP contribution in [0, 0.1) is 6.92 Å². The lowest BCUT2D eigenvalue weighted by molar-refractivity contribution is 0.103. The maximum Gasteiger partial charge on any atom is 0.124 e. The lowest BCUT2D eigenvalue weighted by Crippen LogP contribution is -2.21. The van der Waals surface area contributed by atoms with E-state index in [1.807, 2.05) is 19.1 Å². The first-order valence-corrected chi connectivity index (χ1v) is 6.73. The van der Waals surface area contributed by atoms with Crippen LogP contribution in [0.1, 0.15) is 44.4 Å². The molecule has 0 aliphatic rings. The number of rotatable bonds is 7. The van der Waals surface area contributed by atoms with Crippen LogP contribution in [0.25, 0.3) is 0 Å². The molecule has 2 N–H and O–H groups in total. The number of aliphatic hydroxyl groups excluding tert-OH is 1. The fraction of sp³-hybridized carbons (Fsp3) is 0.600. The lowest BCUT2D eigenvalue weighted by Gasteiger charge is -2.19. The van der Waals surface area contributed by atoms with Gasteiger partial charge in [-0.25, -0.2) is 0 Å². The average Bonchev–Trinajstić information content (AvgIpc) is 2.37. The first-order chi connectivity index (χ1) is 8.58. The van der Waals surface area contributed by atoms with Crippen LogP contribution in [-0.2, 0) is 0 Å². The van der Waals surface area contributed by atoms with Crippen molar-refractivity contribution in [2.75, 3.05) is 13.2 Å². The molecule has 0 saturated carbocycles. The fourth-order valence-electron chi connectivity index (χ4n) is 1.86. The van der Waals surface area contributed by atoms with Crippen molar-refractivity contribution in [3.05, 3.63) is 29.3 Å². The molecule has 1 rings (SSSR count). The number of benzene rings is 1. The van der Waals surface area contributed by atoms with Gasteiger partial charge in [-0.3, -0.25) is 0 Å². The van der Waals surface area contributed by atoms with E-state index in [0.29, 0.717) is 13.0 Å². The molecule has 2 atom stereocenters. The van der Waals surface area contributed by atoms with Gasteiger partial charge in [0.15, 0.2) is 0 Å². The maximum atomic E-state index is 9.57. The smallest absolute Gasteiger partial charge is 0.124 e. The Hall–Kier alpha value is -1.06. The SMILES string of the molecule is CCNC(C)c1cc(C)ccc1OCC(O)CC. The molecular formula is C15H25NO2. The Bertz CT molecular complexity index is 366. The Kier molecular flexibility index (Phi) is 6.16. The molecule has 0 spiro atoms. The molecule has 1 aromatic rings. The van der Waals surface area contributed by atoms with E-state index in [1.54, 1.807) is 0 Å². The van der Waals surface area contributed by atoms with Crippen LogP contribution in [0.4, 0.5) is 0 Å². The number of nitrogens with one attached hydrogen (secondary N) is 1. The molecule has 3 nitrogen and oxygen atoms in total. The molecule has 0 radical (unpaired) electrons. The Morgan fingerprint density at radius 1 is 1.33 bits per heavy atom. The minimum Gasteiger partial charge on any atom is -0.491 e. The summed E-state index contributed by atoms with van der Waals surface area (Å²) >= 11 is 0. The Morgan fingerprint density at radius 3 is 2.67 bits per heavy atom. The van der Waals surface area contributed by atoms with Crippen molar-refractivity contribution in [1.82, 2.24) is 5.32 Å². The number of ether oxygens (including phenoxy) is 1. The molecule has 102 valence electrons. The van der Waals surface area contributed by atoms with Gasteiger partial charge in [0.05, 0.1) is 6.10 Å². The van der Waals surface area contributed by atoms with E-state index >= 15 is 0 Å². The predicted octanol–water partition coefficient (Wildman–Crippen LogP) is 2.82. The van der Waals surface area contributed by atoms with Gasteiger partial charge < -0.3 is 15.2 Å². The summed E-state index contributed by atoms with van der Waals surface area (Å²) in [5.74, 6) is 0.863. The summed E-state index contributed by atoms with van der Waals surface area (Å²) < 4.78 is 5.72. The molecule has 0 aliphatic heterocycles. The van der Waals surface area contributed by atoms with E-state index in [2.05, 4.69) is 32.2 Å². The molecule has 3 heteroatoms. The highest BCUT2D eigenvalue weighted by Crippen LogP contribution is 2.26. The minimum absolute atomic E-state index is 0.253. The first kappa shape index (κ1) is 15.0. The Morgan fingerprint density at radius 2 is 2.06 bits per heavy atom. The zero-order chi connectivity index (χ0) is 13.5. The van der Waals surface area contributed by atoms with Crippen LogP contribution in [0.5, 0.6) is 5.75 Å². The van der Waals surface area contributed by atoms with Crippen LogP contribution in [-0.4, -0.2) is 24.4 Å². The second-order valence-corrected chi connectivity index (χ2v) is 4.69. The van der Waals surface area contributed by atoms with Crippen molar-refractivity contribution >= 4 is 0 Å². The quantitative estimate of drug-likeness (QED) is 0.783. The van der Waals surface area contributed by atoms with Gasteiger partial charge in [-0.05, 0) is 32.9 Å². The summed E-state index contributed by atoms with van der Waals surface area (Å²) in [6.45, 7) is 9.52. The summed E-state index contributed by atoms with van der Waals surface area (Å²) in [4.78, 5) is 0. The number of hydrogen-bond donors (Lipinski definition) is 2. The van der Waals surface area contributed by atoms with Crippen LogP contribution < -0.4 is 10.1 Å². The zero-order valence-electron chi connectivity index (χ0n) is 11.9. The van der Waals surface area contributed by atoms with Gasteiger partial charge in [-0.1, -0.05) is 31.5 Å². The molecule has 0 saturated heterocycles. The van der Waals surface area contributed by atoms with Crippen molar-refractivity contribution in [2.24, 2.45) is 0 Å². The number of aryl methyl sites for hydroxylation is 1. The van der Waals surface area contributed by atoms with E-state index in [4.69, 9.17) is 4.74 Å². The highest BCUT2D eigenvalue weighted by atomic mass is 16.5. The van der Waals surface area contributed by atoms with Crippen molar-refractivity contribution in [3.8, 4) is 5.75 Å². The van der Waals surface area contributed by atoms with Gasteiger partial charge in [-0.15, -0.1) is 0 Å². The molecule has 0 aliphatic carbocycles. The molecular weight excluding hydrogens is 226 g/mol. The van der Waals surface area contributed by atoms with Gasteiger partial charge in [0.1, 0.15) is 12.4 Å². The molecule has 0 bridgehead atoms. The van der Waals surface area contributed by atoms with Gasteiger partial charge in [0, 0.05) is 11.6 Å².